The lowest BCUT2D eigenvalue weighted by Crippen LogP contribution is -2.40. The molecule has 5 nitrogen and oxygen atoms in total. The molecule has 0 bridgehead atoms. The minimum atomic E-state index is -3.44. The lowest BCUT2D eigenvalue weighted by molar-refractivity contribution is -0.132. The van der Waals surface area contributed by atoms with Gasteiger partial charge in [-0.05, 0) is 20.8 Å². The number of nitrogens with zero attached hydrogens (tertiary/aromatic N) is 1. The van der Waals surface area contributed by atoms with Crippen molar-refractivity contribution in [1.82, 2.24) is 4.31 Å². The van der Waals surface area contributed by atoms with Gasteiger partial charge in [-0.2, -0.15) is 0 Å². The molecule has 0 aromatic rings. The summed E-state index contributed by atoms with van der Waals surface area (Å²) in [6, 6.07) is -0.331. The Bertz CT molecular complexity index is 346. The van der Waals surface area contributed by atoms with E-state index in [1.807, 2.05) is 0 Å². The van der Waals surface area contributed by atoms with Crippen molar-refractivity contribution < 1.29 is 13.2 Å². The Morgan fingerprint density at radius 3 is 2.36 bits per heavy atom. The first-order valence-corrected chi connectivity index (χ1v) is 6.08. The maximum Gasteiger partial charge on any atom is 0.242 e. The third kappa shape index (κ3) is 1.90. The van der Waals surface area contributed by atoms with Gasteiger partial charge in [-0.25, -0.2) is 12.7 Å². The monoisotopic (exact) mass is 220 g/mol. The lowest BCUT2D eigenvalue weighted by atomic mass is 9.95. The van der Waals surface area contributed by atoms with Gasteiger partial charge >= 0.3 is 0 Å². The normalized spacial score (nSPS) is 26.6. The predicted molar refractivity (Wildman–Crippen MR) is 52.9 cm³/mol. The highest BCUT2D eigenvalue weighted by atomic mass is 32.2. The fraction of sp³-hybridized carbons (Fsp3) is 0.875. The molecular weight excluding hydrogens is 204 g/mol. The van der Waals surface area contributed by atoms with Gasteiger partial charge in [-0.1, -0.05) is 0 Å². The van der Waals surface area contributed by atoms with Gasteiger partial charge in [0.15, 0.2) is 0 Å². The Labute approximate surface area is 84.3 Å². The second-order valence-electron chi connectivity index (χ2n) is 4.45. The fourth-order valence-electron chi connectivity index (χ4n) is 1.52. The number of hydrogen-bond donors (Lipinski definition) is 1. The van der Waals surface area contributed by atoms with E-state index >= 15 is 0 Å². The smallest absolute Gasteiger partial charge is 0.242 e. The fourth-order valence-corrected chi connectivity index (χ4v) is 3.67. The van der Waals surface area contributed by atoms with Gasteiger partial charge in [0, 0.05) is 6.04 Å². The summed E-state index contributed by atoms with van der Waals surface area (Å²) in [5.74, 6) is -0.472. The van der Waals surface area contributed by atoms with Gasteiger partial charge in [0.05, 0.1) is 17.7 Å². The molecule has 1 fully saturated rings. The summed E-state index contributed by atoms with van der Waals surface area (Å²) in [4.78, 5) is 11.7. The number of rotatable bonds is 2. The van der Waals surface area contributed by atoms with Crippen molar-refractivity contribution in [2.45, 2.75) is 26.8 Å². The molecule has 82 valence electrons. The largest absolute Gasteiger partial charge is 0.326 e. The van der Waals surface area contributed by atoms with Crippen LogP contribution in [0.5, 0.6) is 0 Å². The molecule has 1 amide bonds. The summed E-state index contributed by atoms with van der Waals surface area (Å²) in [5.41, 5.74) is 4.67. The van der Waals surface area contributed by atoms with Crippen LogP contribution in [0.2, 0.25) is 0 Å². The van der Waals surface area contributed by atoms with Crippen molar-refractivity contribution in [3.05, 3.63) is 0 Å². The van der Waals surface area contributed by atoms with Crippen LogP contribution in [0.4, 0.5) is 0 Å². The zero-order valence-electron chi connectivity index (χ0n) is 8.65. The first-order valence-electron chi connectivity index (χ1n) is 4.47. The first kappa shape index (κ1) is 11.5. The molecule has 0 aromatic heterocycles. The number of nitrogens with two attached hydrogens (primary N) is 1. The average Bonchev–Trinajstić information content (AvgIpc) is 2.08. The SMILES string of the molecule is CC(N)CN1C(=O)C(C)(C)CS1(=O)=O. The third-order valence-electron chi connectivity index (χ3n) is 2.14. The molecule has 0 spiro atoms. The summed E-state index contributed by atoms with van der Waals surface area (Å²) >= 11 is 0. The molecule has 14 heavy (non-hydrogen) atoms. The zero-order valence-corrected chi connectivity index (χ0v) is 9.47. The first-order chi connectivity index (χ1) is 6.17. The van der Waals surface area contributed by atoms with E-state index in [-0.39, 0.29) is 24.2 Å². The van der Waals surface area contributed by atoms with Crippen LogP contribution < -0.4 is 5.73 Å². The van der Waals surface area contributed by atoms with Crippen LogP contribution in [0.1, 0.15) is 20.8 Å². The van der Waals surface area contributed by atoms with E-state index in [4.69, 9.17) is 5.73 Å². The van der Waals surface area contributed by atoms with Crippen molar-refractivity contribution in [3.63, 3.8) is 0 Å². The molecule has 0 aliphatic carbocycles. The maximum atomic E-state index is 11.7. The predicted octanol–water partition coefficient (Wildman–Crippen LogP) is -0.468. The Morgan fingerprint density at radius 2 is 2.07 bits per heavy atom. The Kier molecular flexibility index (Phi) is 2.62. The van der Waals surface area contributed by atoms with Crippen molar-refractivity contribution in [3.8, 4) is 0 Å². The Morgan fingerprint density at radius 1 is 1.57 bits per heavy atom. The lowest BCUT2D eigenvalue weighted by Gasteiger charge is -2.18. The van der Waals surface area contributed by atoms with Gasteiger partial charge in [-0.15, -0.1) is 0 Å². The van der Waals surface area contributed by atoms with E-state index in [2.05, 4.69) is 0 Å². The van der Waals surface area contributed by atoms with Crippen LogP contribution in [0.25, 0.3) is 0 Å². The van der Waals surface area contributed by atoms with Crippen molar-refractivity contribution in [2.75, 3.05) is 12.3 Å². The summed E-state index contributed by atoms with van der Waals surface area (Å²) in [7, 11) is -3.44. The number of sulfonamides is 1. The number of hydrogen-bond acceptors (Lipinski definition) is 4. The van der Waals surface area contributed by atoms with Crippen LogP contribution in [-0.2, 0) is 14.8 Å². The number of amides is 1. The Hall–Kier alpha value is -0.620. The van der Waals surface area contributed by atoms with Crippen LogP contribution in [0.15, 0.2) is 0 Å². The molecule has 0 saturated carbocycles. The van der Waals surface area contributed by atoms with Crippen LogP contribution in [-0.4, -0.2) is 37.0 Å². The summed E-state index contributed by atoms with van der Waals surface area (Å²) in [5, 5.41) is 0. The highest BCUT2D eigenvalue weighted by Gasteiger charge is 2.48. The van der Waals surface area contributed by atoms with Gasteiger partial charge in [0.2, 0.25) is 15.9 Å². The van der Waals surface area contributed by atoms with Crippen LogP contribution >= 0.6 is 0 Å². The standard InChI is InChI=1S/C8H16N2O3S/c1-6(9)4-10-7(11)8(2,3)5-14(10,12)13/h6H,4-5,9H2,1-3H3. The highest BCUT2D eigenvalue weighted by Crippen LogP contribution is 2.31. The molecule has 2 N–H and O–H groups in total. The molecule has 1 aliphatic rings. The quantitative estimate of drug-likeness (QED) is 0.682. The van der Waals surface area contributed by atoms with Gasteiger partial charge in [0.1, 0.15) is 0 Å². The minimum absolute atomic E-state index is 0.0740. The van der Waals surface area contributed by atoms with E-state index in [0.29, 0.717) is 0 Å². The van der Waals surface area contributed by atoms with Crippen molar-refractivity contribution >= 4 is 15.9 Å². The molecule has 1 aliphatic heterocycles. The molecule has 6 heteroatoms. The van der Waals surface area contributed by atoms with E-state index in [0.717, 1.165) is 4.31 Å². The molecule has 0 radical (unpaired) electrons. The zero-order chi connectivity index (χ0) is 11.1. The molecular formula is C8H16N2O3S. The number of carbonyl (C=O) groups is 1. The van der Waals surface area contributed by atoms with Gasteiger partial charge in [0.25, 0.3) is 0 Å². The van der Waals surface area contributed by atoms with Crippen molar-refractivity contribution in [1.29, 1.82) is 0 Å². The van der Waals surface area contributed by atoms with Crippen molar-refractivity contribution in [2.24, 2.45) is 11.1 Å². The third-order valence-corrected chi connectivity index (χ3v) is 4.21. The molecule has 1 saturated heterocycles. The summed E-state index contributed by atoms with van der Waals surface area (Å²) in [6.45, 7) is 5.01. The summed E-state index contributed by atoms with van der Waals surface area (Å²) in [6.07, 6.45) is 0. The minimum Gasteiger partial charge on any atom is -0.326 e. The van der Waals surface area contributed by atoms with E-state index < -0.39 is 15.4 Å². The topological polar surface area (TPSA) is 80.5 Å². The molecule has 1 heterocycles. The van der Waals surface area contributed by atoms with E-state index in [1.165, 1.54) is 0 Å². The van der Waals surface area contributed by atoms with E-state index in [1.54, 1.807) is 20.8 Å². The van der Waals surface area contributed by atoms with Crippen LogP contribution in [0.3, 0.4) is 0 Å². The second kappa shape index (κ2) is 3.20. The Balaban J connectivity index is 3.01. The van der Waals surface area contributed by atoms with Crippen LogP contribution in [0, 0.1) is 5.41 Å². The number of carbonyl (C=O) groups excluding carboxylic acids is 1. The van der Waals surface area contributed by atoms with Gasteiger partial charge < -0.3 is 5.73 Å². The molecule has 1 atom stereocenters. The average molecular weight is 220 g/mol. The second-order valence-corrected chi connectivity index (χ2v) is 6.35. The molecule has 1 rings (SSSR count). The molecule has 0 aromatic carbocycles. The van der Waals surface area contributed by atoms with E-state index in [9.17, 15) is 13.2 Å². The summed E-state index contributed by atoms with van der Waals surface area (Å²) < 4.78 is 24.0. The highest BCUT2D eigenvalue weighted by molar-refractivity contribution is 7.90. The molecule has 1 unspecified atom stereocenters. The maximum absolute atomic E-state index is 11.7. The van der Waals surface area contributed by atoms with Gasteiger partial charge in [-0.3, -0.25) is 4.79 Å².